The van der Waals surface area contributed by atoms with Crippen LogP contribution in [-0.4, -0.2) is 29.2 Å². The molecule has 3 amide bonds. The van der Waals surface area contributed by atoms with E-state index in [0.29, 0.717) is 37.2 Å². The van der Waals surface area contributed by atoms with E-state index in [9.17, 15) is 14.4 Å². The summed E-state index contributed by atoms with van der Waals surface area (Å²) < 4.78 is 0. The molecule has 6 heteroatoms. The van der Waals surface area contributed by atoms with Crippen LogP contribution in [0.5, 0.6) is 0 Å². The quantitative estimate of drug-likeness (QED) is 0.623. The van der Waals surface area contributed by atoms with Crippen molar-refractivity contribution in [3.63, 3.8) is 0 Å². The monoisotopic (exact) mass is 427 g/mol. The fourth-order valence-corrected chi connectivity index (χ4v) is 3.93. The van der Waals surface area contributed by atoms with E-state index in [4.69, 9.17) is 5.73 Å². The minimum absolute atomic E-state index is 0.115. The summed E-state index contributed by atoms with van der Waals surface area (Å²) in [5.41, 5.74) is 9.01. The van der Waals surface area contributed by atoms with Gasteiger partial charge in [0.1, 0.15) is 0 Å². The van der Waals surface area contributed by atoms with Gasteiger partial charge in [-0.1, -0.05) is 42.5 Å². The van der Waals surface area contributed by atoms with Crippen LogP contribution in [0, 0.1) is 0 Å². The summed E-state index contributed by atoms with van der Waals surface area (Å²) in [4.78, 5) is 40.5. The first-order valence-corrected chi connectivity index (χ1v) is 10.6. The summed E-state index contributed by atoms with van der Waals surface area (Å²) >= 11 is 0. The second kappa shape index (κ2) is 9.47. The third-order valence-electron chi connectivity index (χ3n) is 5.59. The smallest absolute Gasteiger partial charge is 0.254 e. The molecule has 0 atom stereocenters. The minimum atomic E-state index is -0.500. The van der Waals surface area contributed by atoms with Crippen molar-refractivity contribution in [3.05, 3.63) is 101 Å². The van der Waals surface area contributed by atoms with Gasteiger partial charge in [0.2, 0.25) is 11.8 Å². The summed E-state index contributed by atoms with van der Waals surface area (Å²) in [6, 6.07) is 24.0. The Morgan fingerprint density at radius 2 is 1.53 bits per heavy atom. The Balaban J connectivity index is 1.58. The van der Waals surface area contributed by atoms with Crippen LogP contribution in [0.4, 0.5) is 5.69 Å². The lowest BCUT2D eigenvalue weighted by molar-refractivity contribution is -0.117. The third kappa shape index (κ3) is 4.86. The summed E-state index contributed by atoms with van der Waals surface area (Å²) in [7, 11) is 0. The van der Waals surface area contributed by atoms with Crippen LogP contribution in [0.2, 0.25) is 0 Å². The highest BCUT2D eigenvalue weighted by atomic mass is 16.2. The van der Waals surface area contributed by atoms with E-state index < -0.39 is 5.91 Å². The lowest BCUT2D eigenvalue weighted by Gasteiger charge is -2.24. The van der Waals surface area contributed by atoms with Crippen LogP contribution in [0.1, 0.15) is 44.7 Å². The molecular weight excluding hydrogens is 402 g/mol. The fourth-order valence-electron chi connectivity index (χ4n) is 3.93. The number of primary amides is 1. The van der Waals surface area contributed by atoms with Crippen molar-refractivity contribution in [3.8, 4) is 0 Å². The molecule has 2 N–H and O–H groups in total. The molecular formula is C26H25N3O3. The molecule has 162 valence electrons. The highest BCUT2D eigenvalue weighted by molar-refractivity contribution is 5.97. The number of anilines is 1. The van der Waals surface area contributed by atoms with E-state index in [0.717, 1.165) is 23.2 Å². The van der Waals surface area contributed by atoms with Gasteiger partial charge in [0.15, 0.2) is 0 Å². The molecule has 4 rings (SSSR count). The van der Waals surface area contributed by atoms with Crippen LogP contribution >= 0.6 is 0 Å². The van der Waals surface area contributed by atoms with Gasteiger partial charge in [-0.15, -0.1) is 0 Å². The molecule has 0 aliphatic carbocycles. The maximum absolute atomic E-state index is 13.4. The Morgan fingerprint density at radius 3 is 2.19 bits per heavy atom. The van der Waals surface area contributed by atoms with Gasteiger partial charge in [-0.2, -0.15) is 0 Å². The molecule has 0 unspecified atom stereocenters. The largest absolute Gasteiger partial charge is 0.366 e. The Labute approximate surface area is 187 Å². The number of carbonyl (C=O) groups is 3. The van der Waals surface area contributed by atoms with Crippen molar-refractivity contribution in [2.45, 2.75) is 25.9 Å². The molecule has 1 aliphatic heterocycles. The molecule has 0 radical (unpaired) electrons. The van der Waals surface area contributed by atoms with Gasteiger partial charge in [-0.3, -0.25) is 14.4 Å². The van der Waals surface area contributed by atoms with Crippen molar-refractivity contribution in [2.24, 2.45) is 5.73 Å². The Morgan fingerprint density at radius 1 is 0.844 bits per heavy atom. The highest BCUT2D eigenvalue weighted by Crippen LogP contribution is 2.23. The maximum Gasteiger partial charge on any atom is 0.254 e. The summed E-state index contributed by atoms with van der Waals surface area (Å²) in [6.45, 7) is 1.47. The maximum atomic E-state index is 13.4. The van der Waals surface area contributed by atoms with Crippen LogP contribution in [0.15, 0.2) is 78.9 Å². The van der Waals surface area contributed by atoms with E-state index in [1.165, 1.54) is 0 Å². The van der Waals surface area contributed by atoms with Crippen molar-refractivity contribution >= 4 is 23.4 Å². The van der Waals surface area contributed by atoms with Gasteiger partial charge in [0.05, 0.1) is 0 Å². The standard InChI is InChI=1S/C26H25N3O3/c27-25(31)22-9-4-8-20(16-22)18-28(17-19-6-2-1-3-7-19)26(32)21-11-13-23(14-12-21)29-15-5-10-24(29)30/h1-4,6-9,11-14,16H,5,10,15,17-18H2,(H2,27,31). The summed E-state index contributed by atoms with van der Waals surface area (Å²) in [5.74, 6) is -0.512. The molecule has 32 heavy (non-hydrogen) atoms. The Kier molecular flexibility index (Phi) is 6.31. The van der Waals surface area contributed by atoms with E-state index in [1.807, 2.05) is 48.5 Å². The molecule has 3 aromatic rings. The second-order valence-corrected chi connectivity index (χ2v) is 7.91. The molecule has 0 bridgehead atoms. The predicted molar refractivity (Wildman–Crippen MR) is 123 cm³/mol. The molecule has 1 aliphatic rings. The van der Waals surface area contributed by atoms with Crippen LogP contribution < -0.4 is 10.6 Å². The molecule has 0 aromatic heterocycles. The number of nitrogens with zero attached hydrogens (tertiary/aromatic N) is 2. The minimum Gasteiger partial charge on any atom is -0.366 e. The van der Waals surface area contributed by atoms with Crippen molar-refractivity contribution in [2.75, 3.05) is 11.4 Å². The molecule has 1 heterocycles. The van der Waals surface area contributed by atoms with Crippen LogP contribution in [0.25, 0.3) is 0 Å². The Hall–Kier alpha value is -3.93. The first-order valence-electron chi connectivity index (χ1n) is 10.6. The van der Waals surface area contributed by atoms with Crippen LogP contribution in [-0.2, 0) is 17.9 Å². The number of benzene rings is 3. The number of hydrogen-bond donors (Lipinski definition) is 1. The second-order valence-electron chi connectivity index (χ2n) is 7.91. The zero-order valence-corrected chi connectivity index (χ0v) is 17.7. The average Bonchev–Trinajstić information content (AvgIpc) is 3.25. The average molecular weight is 428 g/mol. The zero-order chi connectivity index (χ0) is 22.5. The van der Waals surface area contributed by atoms with Gasteiger partial charge in [-0.05, 0) is 53.9 Å². The van der Waals surface area contributed by atoms with E-state index in [2.05, 4.69) is 0 Å². The highest BCUT2D eigenvalue weighted by Gasteiger charge is 2.22. The van der Waals surface area contributed by atoms with E-state index in [-0.39, 0.29) is 11.8 Å². The lowest BCUT2D eigenvalue weighted by atomic mass is 10.1. The Bertz CT molecular complexity index is 1130. The van der Waals surface area contributed by atoms with Gasteiger partial charge >= 0.3 is 0 Å². The van der Waals surface area contributed by atoms with Crippen molar-refractivity contribution in [1.82, 2.24) is 4.90 Å². The topological polar surface area (TPSA) is 83.7 Å². The molecule has 3 aromatic carbocycles. The SMILES string of the molecule is NC(=O)c1cccc(CN(Cc2ccccc2)C(=O)c2ccc(N3CCCC3=O)cc2)c1. The van der Waals surface area contributed by atoms with Gasteiger partial charge in [0.25, 0.3) is 5.91 Å². The lowest BCUT2D eigenvalue weighted by Crippen LogP contribution is -2.30. The first kappa shape index (κ1) is 21.3. The molecule has 1 fully saturated rings. The number of carbonyl (C=O) groups excluding carboxylic acids is 3. The van der Waals surface area contributed by atoms with E-state index in [1.54, 1.807) is 40.1 Å². The molecule has 0 saturated carbocycles. The third-order valence-corrected chi connectivity index (χ3v) is 5.59. The first-order chi connectivity index (χ1) is 15.5. The molecule has 1 saturated heterocycles. The number of rotatable bonds is 7. The number of hydrogen-bond acceptors (Lipinski definition) is 3. The summed E-state index contributed by atoms with van der Waals surface area (Å²) in [5, 5.41) is 0. The number of nitrogens with two attached hydrogens (primary N) is 1. The van der Waals surface area contributed by atoms with Crippen LogP contribution in [0.3, 0.4) is 0 Å². The van der Waals surface area contributed by atoms with Gasteiger partial charge in [0, 0.05) is 42.9 Å². The number of amides is 3. The summed E-state index contributed by atoms with van der Waals surface area (Å²) in [6.07, 6.45) is 1.42. The van der Waals surface area contributed by atoms with Gasteiger partial charge in [-0.25, -0.2) is 0 Å². The normalized spacial score (nSPS) is 13.2. The molecule has 0 spiro atoms. The van der Waals surface area contributed by atoms with E-state index >= 15 is 0 Å². The van der Waals surface area contributed by atoms with Crippen molar-refractivity contribution in [1.29, 1.82) is 0 Å². The molecule has 6 nitrogen and oxygen atoms in total. The zero-order valence-electron chi connectivity index (χ0n) is 17.7. The predicted octanol–water partition coefficient (Wildman–Crippen LogP) is 3.75. The van der Waals surface area contributed by atoms with Crippen molar-refractivity contribution < 1.29 is 14.4 Å². The fraction of sp³-hybridized carbons (Fsp3) is 0.192. The van der Waals surface area contributed by atoms with Gasteiger partial charge < -0.3 is 15.5 Å².